The highest BCUT2D eigenvalue weighted by molar-refractivity contribution is 7.90. The van der Waals surface area contributed by atoms with Crippen LogP contribution in [0.4, 0.5) is 5.82 Å². The van der Waals surface area contributed by atoms with Gasteiger partial charge in [0.2, 0.25) is 0 Å². The van der Waals surface area contributed by atoms with Crippen molar-refractivity contribution in [3.8, 4) is 11.4 Å². The van der Waals surface area contributed by atoms with Crippen molar-refractivity contribution in [2.75, 3.05) is 31.2 Å². The van der Waals surface area contributed by atoms with E-state index in [9.17, 15) is 8.42 Å². The van der Waals surface area contributed by atoms with Gasteiger partial charge in [-0.2, -0.15) is 0 Å². The maximum absolute atomic E-state index is 12.6. The van der Waals surface area contributed by atoms with Gasteiger partial charge in [-0.1, -0.05) is 18.2 Å². The average molecular weight is 396 g/mol. The Balaban J connectivity index is 1.59. The number of ether oxygens (including phenoxy) is 1. The van der Waals surface area contributed by atoms with Gasteiger partial charge in [-0.25, -0.2) is 18.4 Å². The highest BCUT2D eigenvalue weighted by Gasteiger charge is 2.17. The summed E-state index contributed by atoms with van der Waals surface area (Å²) in [5, 5.41) is 0. The minimum Gasteiger partial charge on any atom is -0.378 e. The highest BCUT2D eigenvalue weighted by Crippen LogP contribution is 2.21. The van der Waals surface area contributed by atoms with Crippen molar-refractivity contribution >= 4 is 15.7 Å². The van der Waals surface area contributed by atoms with E-state index in [4.69, 9.17) is 4.74 Å². The lowest BCUT2D eigenvalue weighted by molar-refractivity contribution is 0.122. The Labute approximate surface area is 164 Å². The molecule has 0 saturated carbocycles. The van der Waals surface area contributed by atoms with Crippen LogP contribution in [0.1, 0.15) is 5.69 Å². The number of morpholine rings is 1. The average Bonchev–Trinajstić information content (AvgIpc) is 2.75. The fourth-order valence-corrected chi connectivity index (χ4v) is 4.34. The zero-order chi connectivity index (χ0) is 19.4. The molecule has 0 radical (unpaired) electrons. The van der Waals surface area contributed by atoms with Gasteiger partial charge in [-0.15, -0.1) is 0 Å². The molecular weight excluding hydrogens is 376 g/mol. The number of nitrogens with zero attached hydrogens (tertiary/aromatic N) is 4. The largest absolute Gasteiger partial charge is 0.378 e. The molecule has 0 N–H and O–H groups in total. The molecule has 0 atom stereocenters. The predicted molar refractivity (Wildman–Crippen MR) is 106 cm³/mol. The molecule has 28 heavy (non-hydrogen) atoms. The molecule has 2 aromatic heterocycles. The van der Waals surface area contributed by atoms with Gasteiger partial charge in [0.05, 0.1) is 29.6 Å². The molecule has 0 amide bonds. The van der Waals surface area contributed by atoms with Crippen LogP contribution in [0.5, 0.6) is 0 Å². The van der Waals surface area contributed by atoms with Crippen LogP contribution >= 0.6 is 0 Å². The van der Waals surface area contributed by atoms with Gasteiger partial charge < -0.3 is 9.64 Å². The topological polar surface area (TPSA) is 85.3 Å². The molecule has 0 bridgehead atoms. The smallest absolute Gasteiger partial charge is 0.184 e. The standard InChI is InChI=1S/C20H20N4O3S/c25-28(26,18-4-2-1-3-5-18)15-17-14-16(6-8-21-17)20-22-9-7-19(23-20)24-10-12-27-13-11-24/h1-9,14H,10-13,15H2. The van der Waals surface area contributed by atoms with E-state index < -0.39 is 9.84 Å². The zero-order valence-corrected chi connectivity index (χ0v) is 16.0. The van der Waals surface area contributed by atoms with E-state index in [1.165, 1.54) is 0 Å². The third kappa shape index (κ3) is 4.18. The summed E-state index contributed by atoms with van der Waals surface area (Å²) in [6.07, 6.45) is 3.31. The first kappa shape index (κ1) is 18.5. The van der Waals surface area contributed by atoms with Crippen LogP contribution in [0.25, 0.3) is 11.4 Å². The minimum atomic E-state index is -3.46. The number of pyridine rings is 1. The fraction of sp³-hybridized carbons (Fsp3) is 0.250. The molecular formula is C20H20N4O3S. The van der Waals surface area contributed by atoms with Crippen molar-refractivity contribution in [2.24, 2.45) is 0 Å². The number of hydrogen-bond acceptors (Lipinski definition) is 7. The number of hydrogen-bond donors (Lipinski definition) is 0. The van der Waals surface area contributed by atoms with Crippen LogP contribution in [-0.2, 0) is 20.3 Å². The van der Waals surface area contributed by atoms with Gasteiger partial charge >= 0.3 is 0 Å². The van der Waals surface area contributed by atoms with Crippen molar-refractivity contribution in [1.82, 2.24) is 15.0 Å². The van der Waals surface area contributed by atoms with Crippen LogP contribution in [0.15, 0.2) is 65.8 Å². The summed E-state index contributed by atoms with van der Waals surface area (Å²) in [6.45, 7) is 2.92. The van der Waals surface area contributed by atoms with Crippen LogP contribution in [0.3, 0.4) is 0 Å². The second kappa shape index (κ2) is 8.04. The van der Waals surface area contributed by atoms with Crippen molar-refractivity contribution in [3.63, 3.8) is 0 Å². The molecule has 1 aliphatic heterocycles. The lowest BCUT2D eigenvalue weighted by Gasteiger charge is -2.27. The normalized spacial score (nSPS) is 14.8. The second-order valence-electron chi connectivity index (χ2n) is 6.45. The monoisotopic (exact) mass is 396 g/mol. The van der Waals surface area contributed by atoms with Gasteiger partial charge in [0.1, 0.15) is 5.82 Å². The van der Waals surface area contributed by atoms with Crippen LogP contribution in [-0.4, -0.2) is 49.7 Å². The first-order valence-electron chi connectivity index (χ1n) is 9.01. The van der Waals surface area contributed by atoms with E-state index >= 15 is 0 Å². The molecule has 3 aromatic rings. The SMILES string of the molecule is O=S(=O)(Cc1cc(-c2nccc(N3CCOCC3)n2)ccn1)c1ccccc1. The Morgan fingerprint density at radius 1 is 0.964 bits per heavy atom. The van der Waals surface area contributed by atoms with Gasteiger partial charge in [0.25, 0.3) is 0 Å². The molecule has 8 heteroatoms. The minimum absolute atomic E-state index is 0.173. The van der Waals surface area contributed by atoms with Crippen molar-refractivity contribution < 1.29 is 13.2 Å². The molecule has 0 unspecified atom stereocenters. The molecule has 1 fully saturated rings. The first-order valence-corrected chi connectivity index (χ1v) is 10.7. The van der Waals surface area contributed by atoms with Crippen LogP contribution < -0.4 is 4.90 Å². The van der Waals surface area contributed by atoms with Gasteiger partial charge in [-0.05, 0) is 30.3 Å². The second-order valence-corrected chi connectivity index (χ2v) is 8.44. The lowest BCUT2D eigenvalue weighted by atomic mass is 10.2. The number of sulfone groups is 1. The molecule has 7 nitrogen and oxygen atoms in total. The highest BCUT2D eigenvalue weighted by atomic mass is 32.2. The summed E-state index contributed by atoms with van der Waals surface area (Å²) in [4.78, 5) is 15.7. The van der Waals surface area contributed by atoms with E-state index in [0.29, 0.717) is 24.7 Å². The van der Waals surface area contributed by atoms with Gasteiger partial charge in [0.15, 0.2) is 15.7 Å². The van der Waals surface area contributed by atoms with E-state index in [-0.39, 0.29) is 10.6 Å². The summed E-state index contributed by atoms with van der Waals surface area (Å²) in [7, 11) is -3.46. The molecule has 0 aliphatic carbocycles. The van der Waals surface area contributed by atoms with Crippen LogP contribution in [0, 0.1) is 0 Å². The third-order valence-electron chi connectivity index (χ3n) is 4.49. The van der Waals surface area contributed by atoms with E-state index in [1.807, 2.05) is 6.07 Å². The molecule has 144 valence electrons. The Bertz CT molecular complexity index is 1050. The van der Waals surface area contributed by atoms with Crippen molar-refractivity contribution in [2.45, 2.75) is 10.6 Å². The Morgan fingerprint density at radius 3 is 2.50 bits per heavy atom. The zero-order valence-electron chi connectivity index (χ0n) is 15.2. The van der Waals surface area contributed by atoms with Crippen LogP contribution in [0.2, 0.25) is 0 Å². The summed E-state index contributed by atoms with van der Waals surface area (Å²) in [6, 6.07) is 13.8. The van der Waals surface area contributed by atoms with Crippen molar-refractivity contribution in [3.05, 3.63) is 66.6 Å². The van der Waals surface area contributed by atoms with E-state index in [1.54, 1.807) is 54.9 Å². The predicted octanol–water partition coefficient (Wildman–Crippen LogP) is 2.35. The molecule has 3 heterocycles. The first-order chi connectivity index (χ1) is 13.6. The van der Waals surface area contributed by atoms with E-state index in [0.717, 1.165) is 24.5 Å². The molecule has 4 rings (SSSR count). The maximum atomic E-state index is 12.6. The van der Waals surface area contributed by atoms with Gasteiger partial charge in [-0.3, -0.25) is 4.98 Å². The molecule has 1 saturated heterocycles. The third-order valence-corrected chi connectivity index (χ3v) is 6.16. The molecule has 0 spiro atoms. The number of rotatable bonds is 5. The Morgan fingerprint density at radius 2 is 1.71 bits per heavy atom. The van der Waals surface area contributed by atoms with Gasteiger partial charge in [0, 0.05) is 31.0 Å². The molecule has 1 aromatic carbocycles. The summed E-state index contributed by atoms with van der Waals surface area (Å²) >= 11 is 0. The summed E-state index contributed by atoms with van der Waals surface area (Å²) in [5.74, 6) is 1.21. The maximum Gasteiger partial charge on any atom is 0.184 e. The molecule has 1 aliphatic rings. The van der Waals surface area contributed by atoms with Crippen molar-refractivity contribution in [1.29, 1.82) is 0 Å². The fourth-order valence-electron chi connectivity index (χ4n) is 3.06. The van der Waals surface area contributed by atoms with E-state index in [2.05, 4.69) is 19.9 Å². The number of benzene rings is 1. The summed E-state index contributed by atoms with van der Waals surface area (Å²) < 4.78 is 30.6. The number of anilines is 1. The quantitative estimate of drug-likeness (QED) is 0.654. The lowest BCUT2D eigenvalue weighted by Crippen LogP contribution is -2.36. The summed E-state index contributed by atoms with van der Waals surface area (Å²) in [5.41, 5.74) is 1.20. The Kier molecular flexibility index (Phi) is 5.31. The Hall–Kier alpha value is -2.84. The number of aromatic nitrogens is 3.